The number of likely N-dealkylation sites (tertiary alicyclic amines) is 1. The summed E-state index contributed by atoms with van der Waals surface area (Å²) in [7, 11) is 0. The number of ether oxygens (including phenoxy) is 1. The van der Waals surface area contributed by atoms with Gasteiger partial charge in [0.15, 0.2) is 0 Å². The molecule has 0 aromatic rings. The van der Waals surface area contributed by atoms with Gasteiger partial charge in [0.2, 0.25) is 0 Å². The first kappa shape index (κ1) is 13.8. The zero-order chi connectivity index (χ0) is 13.0. The Kier molecular flexibility index (Phi) is 4.78. The van der Waals surface area contributed by atoms with Crippen LogP contribution < -0.4 is 5.32 Å². The second kappa shape index (κ2) is 6.55. The van der Waals surface area contributed by atoms with Crippen molar-refractivity contribution in [2.75, 3.05) is 39.3 Å². The van der Waals surface area contributed by atoms with Crippen molar-refractivity contribution in [1.29, 1.82) is 0 Å². The van der Waals surface area contributed by atoms with E-state index in [0.29, 0.717) is 6.10 Å². The Labute approximate surface area is 118 Å². The van der Waals surface area contributed by atoms with Crippen molar-refractivity contribution in [3.8, 4) is 0 Å². The molecule has 1 aliphatic carbocycles. The fourth-order valence-electron chi connectivity index (χ4n) is 4.18. The Balaban J connectivity index is 1.37. The van der Waals surface area contributed by atoms with Gasteiger partial charge in [-0.05, 0) is 50.6 Å². The van der Waals surface area contributed by atoms with Crippen LogP contribution in [-0.4, -0.2) is 50.3 Å². The summed E-state index contributed by atoms with van der Waals surface area (Å²) < 4.78 is 5.79. The minimum absolute atomic E-state index is 0.458. The molecule has 1 spiro atoms. The summed E-state index contributed by atoms with van der Waals surface area (Å²) in [5.41, 5.74) is 0.748. The second-order valence-electron chi connectivity index (χ2n) is 6.89. The number of rotatable bonds is 3. The summed E-state index contributed by atoms with van der Waals surface area (Å²) >= 11 is 0. The summed E-state index contributed by atoms with van der Waals surface area (Å²) in [4.78, 5) is 2.68. The van der Waals surface area contributed by atoms with Crippen molar-refractivity contribution < 1.29 is 4.74 Å². The molecule has 3 heteroatoms. The molecule has 3 fully saturated rings. The monoisotopic (exact) mass is 266 g/mol. The van der Waals surface area contributed by atoms with Crippen LogP contribution in [0.5, 0.6) is 0 Å². The highest BCUT2D eigenvalue weighted by Gasteiger charge is 2.35. The van der Waals surface area contributed by atoms with Crippen molar-refractivity contribution in [2.45, 2.75) is 57.5 Å². The lowest BCUT2D eigenvalue weighted by atomic mass is 9.68. The third kappa shape index (κ3) is 3.71. The Morgan fingerprint density at radius 1 is 1.05 bits per heavy atom. The average molecular weight is 266 g/mol. The van der Waals surface area contributed by atoms with Crippen LogP contribution in [0, 0.1) is 5.41 Å². The zero-order valence-corrected chi connectivity index (χ0v) is 12.3. The van der Waals surface area contributed by atoms with Crippen LogP contribution in [0.2, 0.25) is 0 Å². The van der Waals surface area contributed by atoms with Gasteiger partial charge in [-0.3, -0.25) is 0 Å². The van der Waals surface area contributed by atoms with Crippen LogP contribution in [0.3, 0.4) is 0 Å². The van der Waals surface area contributed by atoms with E-state index < -0.39 is 0 Å². The lowest BCUT2D eigenvalue weighted by Crippen LogP contribution is -2.44. The molecular formula is C16H30N2O. The molecule has 110 valence electrons. The van der Waals surface area contributed by atoms with Gasteiger partial charge in [0, 0.05) is 19.6 Å². The number of nitrogens with zero attached hydrogens (tertiary/aromatic N) is 1. The first-order valence-corrected chi connectivity index (χ1v) is 8.41. The zero-order valence-electron chi connectivity index (χ0n) is 12.3. The summed E-state index contributed by atoms with van der Waals surface area (Å²) in [6.07, 6.45) is 12.1. The van der Waals surface area contributed by atoms with E-state index in [1.165, 1.54) is 71.0 Å². The van der Waals surface area contributed by atoms with Crippen molar-refractivity contribution in [1.82, 2.24) is 10.2 Å². The van der Waals surface area contributed by atoms with E-state index in [2.05, 4.69) is 10.2 Å². The van der Waals surface area contributed by atoms with Crippen LogP contribution in [0.4, 0.5) is 0 Å². The maximum atomic E-state index is 5.79. The van der Waals surface area contributed by atoms with Crippen LogP contribution in [0.25, 0.3) is 0 Å². The van der Waals surface area contributed by atoms with Gasteiger partial charge in [0.1, 0.15) is 0 Å². The van der Waals surface area contributed by atoms with E-state index in [0.717, 1.165) is 25.1 Å². The molecule has 1 N–H and O–H groups in total. The van der Waals surface area contributed by atoms with Crippen LogP contribution in [0.1, 0.15) is 51.4 Å². The number of morpholine rings is 1. The lowest BCUT2D eigenvalue weighted by Gasteiger charge is -2.44. The third-order valence-electron chi connectivity index (χ3n) is 5.60. The maximum absolute atomic E-state index is 5.79. The molecule has 1 atom stereocenters. The molecule has 2 heterocycles. The fraction of sp³-hybridized carbons (Fsp3) is 1.00. The van der Waals surface area contributed by atoms with Gasteiger partial charge in [-0.2, -0.15) is 0 Å². The largest absolute Gasteiger partial charge is 0.376 e. The normalized spacial score (nSPS) is 32.5. The van der Waals surface area contributed by atoms with Crippen LogP contribution in [0.15, 0.2) is 0 Å². The Morgan fingerprint density at radius 2 is 1.84 bits per heavy atom. The van der Waals surface area contributed by atoms with Crippen molar-refractivity contribution in [3.05, 3.63) is 0 Å². The summed E-state index contributed by atoms with van der Waals surface area (Å²) in [5.74, 6) is 0. The molecule has 3 aliphatic rings. The van der Waals surface area contributed by atoms with Crippen molar-refractivity contribution in [2.24, 2.45) is 5.41 Å². The Hall–Kier alpha value is -0.120. The highest BCUT2D eigenvalue weighted by molar-refractivity contribution is 4.88. The molecule has 19 heavy (non-hydrogen) atoms. The standard InChI is InChI=1S/C16H30N2O/c1-2-5-16(6-3-1)7-11-18(12-8-16)10-4-15-14-17-9-13-19-15/h15,17H,1-14H2. The number of nitrogens with one attached hydrogen (secondary N) is 1. The van der Waals surface area contributed by atoms with Gasteiger partial charge in [-0.25, -0.2) is 0 Å². The van der Waals surface area contributed by atoms with E-state index in [1.54, 1.807) is 0 Å². The summed E-state index contributed by atoms with van der Waals surface area (Å²) in [6, 6.07) is 0. The number of hydrogen-bond donors (Lipinski definition) is 1. The molecule has 2 aliphatic heterocycles. The predicted molar refractivity (Wildman–Crippen MR) is 78.4 cm³/mol. The maximum Gasteiger partial charge on any atom is 0.0712 e. The molecule has 2 saturated heterocycles. The molecule has 0 bridgehead atoms. The van der Waals surface area contributed by atoms with E-state index in [-0.39, 0.29) is 0 Å². The van der Waals surface area contributed by atoms with E-state index in [9.17, 15) is 0 Å². The van der Waals surface area contributed by atoms with Gasteiger partial charge in [-0.15, -0.1) is 0 Å². The van der Waals surface area contributed by atoms with Gasteiger partial charge in [-0.1, -0.05) is 19.3 Å². The number of hydrogen-bond acceptors (Lipinski definition) is 3. The molecular weight excluding hydrogens is 236 g/mol. The molecule has 0 aromatic heterocycles. The fourth-order valence-corrected chi connectivity index (χ4v) is 4.18. The summed E-state index contributed by atoms with van der Waals surface area (Å²) in [5, 5.41) is 3.43. The highest BCUT2D eigenvalue weighted by Crippen LogP contribution is 2.44. The Morgan fingerprint density at radius 3 is 2.53 bits per heavy atom. The van der Waals surface area contributed by atoms with Crippen LogP contribution in [-0.2, 0) is 4.74 Å². The minimum Gasteiger partial charge on any atom is -0.376 e. The topological polar surface area (TPSA) is 24.5 Å². The smallest absolute Gasteiger partial charge is 0.0712 e. The molecule has 0 radical (unpaired) electrons. The van der Waals surface area contributed by atoms with Gasteiger partial charge >= 0.3 is 0 Å². The van der Waals surface area contributed by atoms with Crippen molar-refractivity contribution in [3.63, 3.8) is 0 Å². The quantitative estimate of drug-likeness (QED) is 0.849. The molecule has 3 nitrogen and oxygen atoms in total. The van der Waals surface area contributed by atoms with Crippen molar-refractivity contribution >= 4 is 0 Å². The van der Waals surface area contributed by atoms with E-state index >= 15 is 0 Å². The third-order valence-corrected chi connectivity index (χ3v) is 5.60. The number of piperidine rings is 1. The average Bonchev–Trinajstić information content (AvgIpc) is 2.49. The minimum atomic E-state index is 0.458. The van der Waals surface area contributed by atoms with E-state index in [1.807, 2.05) is 0 Å². The molecule has 3 rings (SSSR count). The van der Waals surface area contributed by atoms with Crippen LogP contribution >= 0.6 is 0 Å². The highest BCUT2D eigenvalue weighted by atomic mass is 16.5. The first-order valence-electron chi connectivity index (χ1n) is 8.41. The molecule has 0 amide bonds. The first-order chi connectivity index (χ1) is 9.36. The molecule has 1 saturated carbocycles. The van der Waals surface area contributed by atoms with Gasteiger partial charge in [0.25, 0.3) is 0 Å². The molecule has 1 unspecified atom stereocenters. The lowest BCUT2D eigenvalue weighted by molar-refractivity contribution is 0.00892. The second-order valence-corrected chi connectivity index (χ2v) is 6.89. The summed E-state index contributed by atoms with van der Waals surface area (Å²) in [6.45, 7) is 6.89. The SMILES string of the molecule is C1CCC2(CC1)CCN(CCC1CNCCO1)CC2. The van der Waals surface area contributed by atoms with Gasteiger partial charge < -0.3 is 15.0 Å². The predicted octanol–water partition coefficient (Wildman–Crippen LogP) is 2.41. The van der Waals surface area contributed by atoms with E-state index in [4.69, 9.17) is 4.74 Å². The van der Waals surface area contributed by atoms with Gasteiger partial charge in [0.05, 0.1) is 12.7 Å². The molecule has 0 aromatic carbocycles. The Bertz CT molecular complexity index is 257.